The Morgan fingerprint density at radius 2 is 1.91 bits per heavy atom. The summed E-state index contributed by atoms with van der Waals surface area (Å²) < 4.78 is 20.3. The third-order valence-electron chi connectivity index (χ3n) is 3.39. The predicted molar refractivity (Wildman–Crippen MR) is 80.1 cm³/mol. The fraction of sp³-hybridized carbons (Fsp3) is 0.267. The number of halogens is 2. The summed E-state index contributed by atoms with van der Waals surface area (Å²) in [5, 5.41) is 13.0. The van der Waals surface area contributed by atoms with Gasteiger partial charge in [-0.25, -0.2) is 4.39 Å². The van der Waals surface area contributed by atoms with Gasteiger partial charge in [0.05, 0.1) is 16.4 Å². The Bertz CT molecular complexity index is 794. The number of nitrogens with zero attached hydrogens (tertiary/aromatic N) is 4. The first-order chi connectivity index (χ1) is 10.5. The van der Waals surface area contributed by atoms with E-state index < -0.39 is 0 Å². The molecule has 0 unspecified atom stereocenters. The molecular weight excluding hydrogens is 307 g/mol. The number of hydrogen-bond acceptors (Lipinski definition) is 4. The van der Waals surface area contributed by atoms with Crippen LogP contribution in [0.15, 0.2) is 28.7 Å². The minimum Gasteiger partial charge on any atom is -0.421 e. The van der Waals surface area contributed by atoms with Gasteiger partial charge in [-0.3, -0.25) is 4.68 Å². The highest BCUT2D eigenvalue weighted by Crippen LogP contribution is 2.20. The second-order valence-corrected chi connectivity index (χ2v) is 5.34. The SMILES string of the molecule is Cc1nn(CCc2nnc(-c3ccc(F)cc3)o2)c(C)c1Cl. The Kier molecular flexibility index (Phi) is 3.94. The summed E-state index contributed by atoms with van der Waals surface area (Å²) >= 11 is 6.11. The standard InChI is InChI=1S/C15H14ClFN4O/c1-9-14(16)10(2)21(20-9)8-7-13-18-19-15(22-13)11-3-5-12(17)6-4-11/h3-6H,7-8H2,1-2H3. The Labute approximate surface area is 131 Å². The van der Waals surface area contributed by atoms with Crippen molar-refractivity contribution >= 4 is 11.6 Å². The summed E-state index contributed by atoms with van der Waals surface area (Å²) in [5.41, 5.74) is 2.41. The van der Waals surface area contributed by atoms with Gasteiger partial charge in [-0.15, -0.1) is 10.2 Å². The Balaban J connectivity index is 1.72. The van der Waals surface area contributed by atoms with Gasteiger partial charge in [0.1, 0.15) is 5.82 Å². The summed E-state index contributed by atoms with van der Waals surface area (Å²) in [4.78, 5) is 0. The summed E-state index contributed by atoms with van der Waals surface area (Å²) in [7, 11) is 0. The quantitative estimate of drug-likeness (QED) is 0.737. The molecule has 1 aromatic carbocycles. The second-order valence-electron chi connectivity index (χ2n) is 4.97. The molecule has 22 heavy (non-hydrogen) atoms. The number of hydrogen-bond donors (Lipinski definition) is 0. The minimum absolute atomic E-state index is 0.301. The first-order valence-electron chi connectivity index (χ1n) is 6.82. The van der Waals surface area contributed by atoms with Crippen LogP contribution in [-0.4, -0.2) is 20.0 Å². The van der Waals surface area contributed by atoms with Gasteiger partial charge < -0.3 is 4.42 Å². The van der Waals surface area contributed by atoms with Gasteiger partial charge in [-0.2, -0.15) is 5.10 Å². The first-order valence-corrected chi connectivity index (χ1v) is 7.20. The molecule has 0 aliphatic rings. The van der Waals surface area contributed by atoms with Gasteiger partial charge in [0.2, 0.25) is 11.8 Å². The summed E-state index contributed by atoms with van der Waals surface area (Å²) in [5.74, 6) is 0.578. The van der Waals surface area contributed by atoms with E-state index in [9.17, 15) is 4.39 Å². The van der Waals surface area contributed by atoms with Crippen LogP contribution >= 0.6 is 11.6 Å². The molecule has 0 spiro atoms. The molecule has 5 nitrogen and oxygen atoms in total. The van der Waals surface area contributed by atoms with Crippen molar-refractivity contribution in [1.82, 2.24) is 20.0 Å². The zero-order chi connectivity index (χ0) is 15.7. The molecule has 0 radical (unpaired) electrons. The van der Waals surface area contributed by atoms with Crippen LogP contribution in [0, 0.1) is 19.7 Å². The zero-order valence-corrected chi connectivity index (χ0v) is 12.9. The van der Waals surface area contributed by atoms with Gasteiger partial charge in [0, 0.05) is 18.5 Å². The van der Waals surface area contributed by atoms with Gasteiger partial charge in [0.25, 0.3) is 0 Å². The van der Waals surface area contributed by atoms with Crippen molar-refractivity contribution in [3.63, 3.8) is 0 Å². The molecule has 2 aromatic heterocycles. The van der Waals surface area contributed by atoms with E-state index in [0.29, 0.717) is 35.3 Å². The van der Waals surface area contributed by atoms with Gasteiger partial charge >= 0.3 is 0 Å². The molecule has 7 heteroatoms. The van der Waals surface area contributed by atoms with E-state index in [1.165, 1.54) is 12.1 Å². The van der Waals surface area contributed by atoms with Crippen molar-refractivity contribution in [2.24, 2.45) is 0 Å². The molecule has 0 saturated heterocycles. The zero-order valence-electron chi connectivity index (χ0n) is 12.2. The topological polar surface area (TPSA) is 56.7 Å². The van der Waals surface area contributed by atoms with E-state index in [4.69, 9.17) is 16.0 Å². The van der Waals surface area contributed by atoms with E-state index in [1.807, 2.05) is 18.5 Å². The van der Waals surface area contributed by atoms with E-state index in [2.05, 4.69) is 15.3 Å². The molecule has 3 aromatic rings. The smallest absolute Gasteiger partial charge is 0.247 e. The van der Waals surface area contributed by atoms with E-state index >= 15 is 0 Å². The highest BCUT2D eigenvalue weighted by Gasteiger charge is 2.12. The third kappa shape index (κ3) is 2.87. The average Bonchev–Trinajstić information content (AvgIpc) is 3.07. The lowest BCUT2D eigenvalue weighted by molar-refractivity contribution is 0.471. The molecule has 0 saturated carbocycles. The van der Waals surface area contributed by atoms with Gasteiger partial charge in [-0.1, -0.05) is 11.6 Å². The number of benzene rings is 1. The van der Waals surface area contributed by atoms with Gasteiger partial charge in [-0.05, 0) is 38.1 Å². The minimum atomic E-state index is -0.301. The highest BCUT2D eigenvalue weighted by molar-refractivity contribution is 6.31. The Morgan fingerprint density at radius 3 is 2.55 bits per heavy atom. The molecule has 0 bridgehead atoms. The highest BCUT2D eigenvalue weighted by atomic mass is 35.5. The molecule has 0 aliphatic carbocycles. The van der Waals surface area contributed by atoms with E-state index in [0.717, 1.165) is 11.4 Å². The van der Waals surface area contributed by atoms with Crippen LogP contribution in [0.1, 0.15) is 17.3 Å². The lowest BCUT2D eigenvalue weighted by atomic mass is 10.2. The normalized spacial score (nSPS) is 11.1. The van der Waals surface area contributed by atoms with Crippen LogP contribution in [0.3, 0.4) is 0 Å². The van der Waals surface area contributed by atoms with Crippen LogP contribution in [0.4, 0.5) is 4.39 Å². The molecule has 0 atom stereocenters. The van der Waals surface area contributed by atoms with E-state index in [-0.39, 0.29) is 5.82 Å². The Hall–Kier alpha value is -2.21. The number of rotatable bonds is 4. The van der Waals surface area contributed by atoms with Crippen LogP contribution in [0.5, 0.6) is 0 Å². The molecule has 0 fully saturated rings. The molecule has 0 amide bonds. The fourth-order valence-corrected chi connectivity index (χ4v) is 2.29. The van der Waals surface area contributed by atoms with E-state index in [1.54, 1.807) is 12.1 Å². The number of aromatic nitrogens is 4. The Morgan fingerprint density at radius 1 is 1.18 bits per heavy atom. The van der Waals surface area contributed by atoms with Crippen molar-refractivity contribution in [2.75, 3.05) is 0 Å². The lowest BCUT2D eigenvalue weighted by Crippen LogP contribution is -2.05. The molecule has 0 N–H and O–H groups in total. The van der Waals surface area contributed by atoms with Crippen molar-refractivity contribution in [3.05, 3.63) is 52.4 Å². The van der Waals surface area contributed by atoms with Crippen LogP contribution in [0.25, 0.3) is 11.5 Å². The maximum atomic E-state index is 12.9. The molecule has 114 valence electrons. The largest absolute Gasteiger partial charge is 0.421 e. The lowest BCUT2D eigenvalue weighted by Gasteiger charge is -2.01. The molecule has 0 aliphatic heterocycles. The fourth-order valence-electron chi connectivity index (χ4n) is 2.16. The van der Waals surface area contributed by atoms with Crippen molar-refractivity contribution in [3.8, 4) is 11.5 Å². The summed E-state index contributed by atoms with van der Waals surface area (Å²) in [6.07, 6.45) is 0.548. The maximum Gasteiger partial charge on any atom is 0.247 e. The van der Waals surface area contributed by atoms with Crippen LogP contribution < -0.4 is 0 Å². The maximum absolute atomic E-state index is 12.9. The molecular formula is C15H14ClFN4O. The summed E-state index contributed by atoms with van der Waals surface area (Å²) in [6, 6.07) is 5.93. The average molecular weight is 321 g/mol. The van der Waals surface area contributed by atoms with Crippen LogP contribution in [0.2, 0.25) is 5.02 Å². The number of aryl methyl sites for hydroxylation is 3. The second kappa shape index (κ2) is 5.88. The third-order valence-corrected chi connectivity index (χ3v) is 3.94. The van der Waals surface area contributed by atoms with Crippen LogP contribution in [-0.2, 0) is 13.0 Å². The van der Waals surface area contributed by atoms with Crippen molar-refractivity contribution in [1.29, 1.82) is 0 Å². The monoisotopic (exact) mass is 320 g/mol. The molecule has 2 heterocycles. The summed E-state index contributed by atoms with van der Waals surface area (Å²) in [6.45, 7) is 4.38. The van der Waals surface area contributed by atoms with Gasteiger partial charge in [0.15, 0.2) is 0 Å². The van der Waals surface area contributed by atoms with Crippen molar-refractivity contribution in [2.45, 2.75) is 26.8 Å². The first kappa shape index (κ1) is 14.7. The van der Waals surface area contributed by atoms with Crippen molar-refractivity contribution < 1.29 is 8.81 Å². The predicted octanol–water partition coefficient (Wildman–Crippen LogP) is 3.59. The molecule has 3 rings (SSSR count).